The standard InChI is InChI=1S/C17H23NO2S/c1-13(10-17-9-8-14(2)21-17)18-11-15(19)12-20-16-6-4-3-5-7-16/h3-9,13,15,18-19H,10-12H2,1-2H3. The van der Waals surface area contributed by atoms with Crippen molar-refractivity contribution in [1.82, 2.24) is 5.32 Å². The van der Waals surface area contributed by atoms with E-state index >= 15 is 0 Å². The zero-order valence-electron chi connectivity index (χ0n) is 12.6. The number of thiophene rings is 1. The maximum atomic E-state index is 9.94. The molecular weight excluding hydrogens is 282 g/mol. The number of aliphatic hydroxyl groups is 1. The topological polar surface area (TPSA) is 41.5 Å². The van der Waals surface area contributed by atoms with Gasteiger partial charge in [-0.25, -0.2) is 0 Å². The second-order valence-corrected chi connectivity index (χ2v) is 6.68. The van der Waals surface area contributed by atoms with Crippen molar-refractivity contribution in [2.24, 2.45) is 0 Å². The molecule has 4 heteroatoms. The van der Waals surface area contributed by atoms with E-state index in [1.165, 1.54) is 9.75 Å². The van der Waals surface area contributed by atoms with Gasteiger partial charge in [0.25, 0.3) is 0 Å². The van der Waals surface area contributed by atoms with Gasteiger partial charge >= 0.3 is 0 Å². The van der Waals surface area contributed by atoms with Gasteiger partial charge in [0.15, 0.2) is 0 Å². The van der Waals surface area contributed by atoms with Crippen LogP contribution in [0.2, 0.25) is 0 Å². The van der Waals surface area contributed by atoms with Gasteiger partial charge in [0, 0.05) is 22.3 Å². The molecule has 0 saturated heterocycles. The lowest BCUT2D eigenvalue weighted by molar-refractivity contribution is 0.104. The van der Waals surface area contributed by atoms with E-state index < -0.39 is 6.10 Å². The Morgan fingerprint density at radius 3 is 2.62 bits per heavy atom. The summed E-state index contributed by atoms with van der Waals surface area (Å²) in [6.45, 7) is 5.11. The second-order valence-electron chi connectivity index (χ2n) is 5.30. The van der Waals surface area contributed by atoms with E-state index in [0.29, 0.717) is 19.2 Å². The maximum Gasteiger partial charge on any atom is 0.119 e. The Hall–Kier alpha value is -1.36. The van der Waals surface area contributed by atoms with Gasteiger partial charge in [0.1, 0.15) is 18.5 Å². The Balaban J connectivity index is 1.65. The predicted molar refractivity (Wildman–Crippen MR) is 88.2 cm³/mol. The molecule has 0 amide bonds. The fraction of sp³-hybridized carbons (Fsp3) is 0.412. The van der Waals surface area contributed by atoms with Crippen molar-refractivity contribution in [3.05, 3.63) is 52.2 Å². The van der Waals surface area contributed by atoms with Crippen LogP contribution in [0.4, 0.5) is 0 Å². The summed E-state index contributed by atoms with van der Waals surface area (Å²) < 4.78 is 5.53. The Bertz CT molecular complexity index is 527. The summed E-state index contributed by atoms with van der Waals surface area (Å²) in [4.78, 5) is 2.72. The van der Waals surface area contributed by atoms with Crippen molar-refractivity contribution in [1.29, 1.82) is 0 Å². The first-order valence-corrected chi connectivity index (χ1v) is 8.09. The van der Waals surface area contributed by atoms with Gasteiger partial charge in [0.2, 0.25) is 0 Å². The molecule has 2 rings (SSSR count). The molecule has 0 saturated carbocycles. The van der Waals surface area contributed by atoms with E-state index in [1.807, 2.05) is 41.7 Å². The highest BCUT2D eigenvalue weighted by atomic mass is 32.1. The summed E-state index contributed by atoms with van der Waals surface area (Å²) in [5, 5.41) is 13.3. The van der Waals surface area contributed by atoms with E-state index in [9.17, 15) is 5.11 Å². The highest BCUT2D eigenvalue weighted by Gasteiger charge is 2.09. The molecule has 3 nitrogen and oxygen atoms in total. The summed E-state index contributed by atoms with van der Waals surface area (Å²) >= 11 is 1.83. The van der Waals surface area contributed by atoms with Crippen LogP contribution in [-0.2, 0) is 6.42 Å². The molecule has 2 atom stereocenters. The third kappa shape index (κ3) is 5.87. The lowest BCUT2D eigenvalue weighted by Gasteiger charge is -2.17. The lowest BCUT2D eigenvalue weighted by Crippen LogP contribution is -2.37. The van der Waals surface area contributed by atoms with E-state index in [0.717, 1.165) is 12.2 Å². The molecule has 0 aliphatic carbocycles. The molecule has 0 aliphatic heterocycles. The zero-order valence-corrected chi connectivity index (χ0v) is 13.4. The molecule has 0 spiro atoms. The fourth-order valence-electron chi connectivity index (χ4n) is 2.07. The van der Waals surface area contributed by atoms with Crippen LogP contribution in [0.3, 0.4) is 0 Å². The molecule has 1 aromatic heterocycles. The number of hydrogen-bond donors (Lipinski definition) is 2. The van der Waals surface area contributed by atoms with Crippen LogP contribution in [0, 0.1) is 6.92 Å². The van der Waals surface area contributed by atoms with Crippen molar-refractivity contribution < 1.29 is 9.84 Å². The summed E-state index contributed by atoms with van der Waals surface area (Å²) in [7, 11) is 0. The van der Waals surface area contributed by atoms with Gasteiger partial charge in [-0.3, -0.25) is 0 Å². The van der Waals surface area contributed by atoms with Gasteiger partial charge < -0.3 is 15.2 Å². The molecule has 0 bridgehead atoms. The van der Waals surface area contributed by atoms with Crippen LogP contribution in [0.1, 0.15) is 16.7 Å². The number of nitrogens with one attached hydrogen (secondary N) is 1. The highest BCUT2D eigenvalue weighted by Crippen LogP contribution is 2.16. The van der Waals surface area contributed by atoms with Crippen molar-refractivity contribution >= 4 is 11.3 Å². The predicted octanol–water partition coefficient (Wildman–Crippen LogP) is 3.02. The van der Waals surface area contributed by atoms with Crippen molar-refractivity contribution in [3.63, 3.8) is 0 Å². The summed E-state index contributed by atoms with van der Waals surface area (Å²) in [6.07, 6.45) is 0.489. The minimum Gasteiger partial charge on any atom is -0.491 e. The molecule has 0 aliphatic rings. The first-order valence-electron chi connectivity index (χ1n) is 7.28. The Morgan fingerprint density at radius 1 is 1.19 bits per heavy atom. The lowest BCUT2D eigenvalue weighted by atomic mass is 10.2. The number of hydrogen-bond acceptors (Lipinski definition) is 4. The van der Waals surface area contributed by atoms with Gasteiger partial charge in [-0.2, -0.15) is 0 Å². The third-order valence-corrected chi connectivity index (χ3v) is 4.21. The molecule has 1 heterocycles. The SMILES string of the molecule is Cc1ccc(CC(C)NCC(O)COc2ccccc2)s1. The van der Waals surface area contributed by atoms with Gasteiger partial charge in [-0.15, -0.1) is 11.3 Å². The largest absolute Gasteiger partial charge is 0.491 e. The quantitative estimate of drug-likeness (QED) is 0.788. The normalized spacial score (nSPS) is 13.9. The first-order chi connectivity index (χ1) is 10.1. The summed E-state index contributed by atoms with van der Waals surface area (Å²) in [6, 6.07) is 14.2. The van der Waals surface area contributed by atoms with Crippen molar-refractivity contribution in [3.8, 4) is 5.75 Å². The fourth-order valence-corrected chi connectivity index (χ4v) is 3.09. The first kappa shape index (κ1) is 16.0. The van der Waals surface area contributed by atoms with E-state index in [-0.39, 0.29) is 0 Å². The van der Waals surface area contributed by atoms with Crippen LogP contribution >= 0.6 is 11.3 Å². The minimum absolute atomic E-state index is 0.307. The second kappa shape index (κ2) is 8.17. The van der Waals surface area contributed by atoms with E-state index in [1.54, 1.807) is 0 Å². The number of aryl methyl sites for hydroxylation is 1. The van der Waals surface area contributed by atoms with Gasteiger partial charge in [-0.1, -0.05) is 18.2 Å². The summed E-state index contributed by atoms with van der Waals surface area (Å²) in [5.41, 5.74) is 0. The highest BCUT2D eigenvalue weighted by molar-refractivity contribution is 7.11. The molecule has 2 aromatic rings. The minimum atomic E-state index is -0.502. The van der Waals surface area contributed by atoms with E-state index in [2.05, 4.69) is 31.3 Å². The van der Waals surface area contributed by atoms with Gasteiger partial charge in [0.05, 0.1) is 0 Å². The van der Waals surface area contributed by atoms with Crippen LogP contribution in [0.5, 0.6) is 5.75 Å². The van der Waals surface area contributed by atoms with Gasteiger partial charge in [-0.05, 0) is 44.5 Å². The smallest absolute Gasteiger partial charge is 0.119 e. The van der Waals surface area contributed by atoms with E-state index in [4.69, 9.17) is 4.74 Å². The molecular formula is C17H23NO2S. The number of rotatable bonds is 8. The average Bonchev–Trinajstić information content (AvgIpc) is 2.89. The summed E-state index contributed by atoms with van der Waals surface area (Å²) in [5.74, 6) is 0.790. The molecule has 0 fully saturated rings. The van der Waals surface area contributed by atoms with Crippen LogP contribution in [-0.4, -0.2) is 30.4 Å². The molecule has 2 unspecified atom stereocenters. The Kier molecular flexibility index (Phi) is 6.23. The van der Waals surface area contributed by atoms with Crippen LogP contribution < -0.4 is 10.1 Å². The molecule has 2 N–H and O–H groups in total. The number of aliphatic hydroxyl groups excluding tert-OH is 1. The van der Waals surface area contributed by atoms with Crippen molar-refractivity contribution in [2.75, 3.05) is 13.2 Å². The average molecular weight is 305 g/mol. The number of ether oxygens (including phenoxy) is 1. The molecule has 1 aromatic carbocycles. The van der Waals surface area contributed by atoms with Crippen molar-refractivity contribution in [2.45, 2.75) is 32.4 Å². The molecule has 114 valence electrons. The van der Waals surface area contributed by atoms with Crippen LogP contribution in [0.15, 0.2) is 42.5 Å². The monoisotopic (exact) mass is 305 g/mol. The number of benzene rings is 1. The Labute approximate surface area is 130 Å². The zero-order chi connectivity index (χ0) is 15.1. The number of para-hydroxylation sites is 1. The molecule has 0 radical (unpaired) electrons. The third-order valence-electron chi connectivity index (χ3n) is 3.19. The van der Waals surface area contributed by atoms with Crippen LogP contribution in [0.25, 0.3) is 0 Å². The maximum absolute atomic E-state index is 9.94. The molecule has 21 heavy (non-hydrogen) atoms. The Morgan fingerprint density at radius 2 is 1.95 bits per heavy atom.